The third-order valence-electron chi connectivity index (χ3n) is 1.96. The van der Waals surface area contributed by atoms with Crippen molar-refractivity contribution in [2.75, 3.05) is 0 Å². The van der Waals surface area contributed by atoms with E-state index in [1.54, 1.807) is 6.07 Å². The van der Waals surface area contributed by atoms with E-state index in [9.17, 15) is 4.39 Å². The van der Waals surface area contributed by atoms with Gasteiger partial charge in [0.15, 0.2) is 0 Å². The fourth-order valence-electron chi connectivity index (χ4n) is 1.27. The minimum absolute atomic E-state index is 0.165. The summed E-state index contributed by atoms with van der Waals surface area (Å²) in [5, 5.41) is 0. The molecule has 2 N–H and O–H groups in total. The molecule has 72 valence electrons. The third kappa shape index (κ3) is 2.91. The molecule has 3 heteroatoms. The third-order valence-corrected chi connectivity index (χ3v) is 2.63. The molecule has 0 unspecified atom stereocenters. The Morgan fingerprint density at radius 1 is 1.54 bits per heavy atom. The highest BCUT2D eigenvalue weighted by atomic mass is 127. The molecule has 0 saturated heterocycles. The van der Waals surface area contributed by atoms with Crippen LogP contribution in [0.4, 0.5) is 4.39 Å². The standard InChI is InChI=1S/C10H13FIN/c1-2-3-10(13)8-5-4-7(12)6-9(8)11/h4-6,10H,2-3,13H2,1H3/t10-/m0/s1. The normalized spacial score (nSPS) is 12.9. The van der Waals surface area contributed by atoms with E-state index in [0.717, 1.165) is 16.4 Å². The Labute approximate surface area is 91.7 Å². The molecule has 0 aliphatic heterocycles. The van der Waals surface area contributed by atoms with Crippen LogP contribution < -0.4 is 5.73 Å². The second-order valence-electron chi connectivity index (χ2n) is 3.06. The van der Waals surface area contributed by atoms with E-state index >= 15 is 0 Å². The summed E-state index contributed by atoms with van der Waals surface area (Å²) >= 11 is 2.09. The molecule has 1 aromatic carbocycles. The Morgan fingerprint density at radius 3 is 2.77 bits per heavy atom. The number of benzene rings is 1. The van der Waals surface area contributed by atoms with Gasteiger partial charge < -0.3 is 5.73 Å². The fraction of sp³-hybridized carbons (Fsp3) is 0.400. The second kappa shape index (κ2) is 4.91. The van der Waals surface area contributed by atoms with Crippen molar-refractivity contribution in [2.45, 2.75) is 25.8 Å². The van der Waals surface area contributed by atoms with Crippen molar-refractivity contribution in [1.82, 2.24) is 0 Å². The van der Waals surface area contributed by atoms with Crippen LogP contribution in [0.5, 0.6) is 0 Å². The SMILES string of the molecule is CCC[C@H](N)c1ccc(I)cc1F. The lowest BCUT2D eigenvalue weighted by Crippen LogP contribution is -2.11. The molecule has 0 bridgehead atoms. The summed E-state index contributed by atoms with van der Waals surface area (Å²) in [5.74, 6) is -0.187. The predicted octanol–water partition coefficient (Wildman–Crippen LogP) is 3.23. The Hall–Kier alpha value is -0.160. The molecule has 1 rings (SSSR count). The van der Waals surface area contributed by atoms with Gasteiger partial charge in [0, 0.05) is 15.2 Å². The van der Waals surface area contributed by atoms with Crippen LogP contribution in [0.3, 0.4) is 0 Å². The molecular weight excluding hydrogens is 280 g/mol. The molecule has 0 spiro atoms. The summed E-state index contributed by atoms with van der Waals surface area (Å²) in [6.45, 7) is 2.05. The molecule has 1 nitrogen and oxygen atoms in total. The van der Waals surface area contributed by atoms with Crippen LogP contribution in [0.1, 0.15) is 31.4 Å². The van der Waals surface area contributed by atoms with E-state index in [4.69, 9.17) is 5.73 Å². The van der Waals surface area contributed by atoms with Gasteiger partial charge in [-0.2, -0.15) is 0 Å². The maximum atomic E-state index is 13.3. The van der Waals surface area contributed by atoms with Crippen LogP contribution in [0, 0.1) is 9.39 Å². The highest BCUT2D eigenvalue weighted by molar-refractivity contribution is 14.1. The molecule has 1 aromatic rings. The molecule has 0 amide bonds. The molecule has 0 heterocycles. The molecule has 13 heavy (non-hydrogen) atoms. The highest BCUT2D eigenvalue weighted by Gasteiger charge is 2.09. The zero-order chi connectivity index (χ0) is 9.84. The maximum absolute atomic E-state index is 13.3. The van der Waals surface area contributed by atoms with Gasteiger partial charge in [-0.3, -0.25) is 0 Å². The van der Waals surface area contributed by atoms with Gasteiger partial charge in [-0.25, -0.2) is 4.39 Å². The average molecular weight is 293 g/mol. The maximum Gasteiger partial charge on any atom is 0.129 e. The van der Waals surface area contributed by atoms with Crippen LogP contribution in [0.2, 0.25) is 0 Å². The first-order valence-corrected chi connectivity index (χ1v) is 5.43. The van der Waals surface area contributed by atoms with E-state index in [1.165, 1.54) is 6.07 Å². The molecular formula is C10H13FIN. The summed E-state index contributed by atoms with van der Waals surface area (Å²) in [6.07, 6.45) is 1.81. The Morgan fingerprint density at radius 2 is 2.23 bits per heavy atom. The smallest absolute Gasteiger partial charge is 0.129 e. The lowest BCUT2D eigenvalue weighted by atomic mass is 10.0. The monoisotopic (exact) mass is 293 g/mol. The minimum atomic E-state index is -0.187. The second-order valence-corrected chi connectivity index (χ2v) is 4.31. The van der Waals surface area contributed by atoms with Gasteiger partial charge in [0.25, 0.3) is 0 Å². The molecule has 1 atom stereocenters. The Kier molecular flexibility index (Phi) is 4.12. The number of halogens is 2. The molecule has 0 aromatic heterocycles. The van der Waals surface area contributed by atoms with E-state index in [-0.39, 0.29) is 11.9 Å². The van der Waals surface area contributed by atoms with Gasteiger partial charge in [0.05, 0.1) is 0 Å². The van der Waals surface area contributed by atoms with Crippen LogP contribution in [0.15, 0.2) is 18.2 Å². The van der Waals surface area contributed by atoms with Gasteiger partial charge >= 0.3 is 0 Å². The van der Waals surface area contributed by atoms with E-state index in [1.807, 2.05) is 13.0 Å². The average Bonchev–Trinajstić information content (AvgIpc) is 2.04. The number of hydrogen-bond acceptors (Lipinski definition) is 1. The van der Waals surface area contributed by atoms with Crippen molar-refractivity contribution in [3.05, 3.63) is 33.1 Å². The lowest BCUT2D eigenvalue weighted by Gasteiger charge is -2.11. The Bertz CT molecular complexity index is 288. The minimum Gasteiger partial charge on any atom is -0.324 e. The van der Waals surface area contributed by atoms with Crippen molar-refractivity contribution >= 4 is 22.6 Å². The quantitative estimate of drug-likeness (QED) is 0.851. The topological polar surface area (TPSA) is 26.0 Å². The van der Waals surface area contributed by atoms with E-state index in [2.05, 4.69) is 22.6 Å². The van der Waals surface area contributed by atoms with Crippen molar-refractivity contribution < 1.29 is 4.39 Å². The van der Waals surface area contributed by atoms with E-state index in [0.29, 0.717) is 5.56 Å². The zero-order valence-electron chi connectivity index (χ0n) is 7.56. The van der Waals surface area contributed by atoms with Crippen molar-refractivity contribution in [3.63, 3.8) is 0 Å². The van der Waals surface area contributed by atoms with Crippen molar-refractivity contribution in [2.24, 2.45) is 5.73 Å². The summed E-state index contributed by atoms with van der Waals surface area (Å²) in [4.78, 5) is 0. The van der Waals surface area contributed by atoms with Crippen LogP contribution in [0.25, 0.3) is 0 Å². The summed E-state index contributed by atoms with van der Waals surface area (Å²) in [7, 11) is 0. The van der Waals surface area contributed by atoms with Crippen LogP contribution >= 0.6 is 22.6 Å². The summed E-state index contributed by atoms with van der Waals surface area (Å²) in [5.41, 5.74) is 6.44. The van der Waals surface area contributed by atoms with Gasteiger partial charge in [-0.05, 0) is 41.1 Å². The van der Waals surface area contributed by atoms with Crippen LogP contribution in [-0.4, -0.2) is 0 Å². The Balaban J connectivity index is 2.88. The molecule has 0 aliphatic carbocycles. The first-order chi connectivity index (χ1) is 6.15. The molecule has 0 radical (unpaired) electrons. The van der Waals surface area contributed by atoms with Gasteiger partial charge in [-0.15, -0.1) is 0 Å². The summed E-state index contributed by atoms with van der Waals surface area (Å²) in [6, 6.07) is 5.01. The first kappa shape index (κ1) is 10.9. The van der Waals surface area contributed by atoms with Gasteiger partial charge in [-0.1, -0.05) is 19.4 Å². The highest BCUT2D eigenvalue weighted by Crippen LogP contribution is 2.20. The zero-order valence-corrected chi connectivity index (χ0v) is 9.71. The summed E-state index contributed by atoms with van der Waals surface area (Å²) < 4.78 is 14.2. The largest absolute Gasteiger partial charge is 0.324 e. The number of nitrogens with two attached hydrogens (primary N) is 1. The first-order valence-electron chi connectivity index (χ1n) is 4.35. The lowest BCUT2D eigenvalue weighted by molar-refractivity contribution is 0.559. The fourth-order valence-corrected chi connectivity index (χ4v) is 1.72. The molecule has 0 aliphatic rings. The number of rotatable bonds is 3. The van der Waals surface area contributed by atoms with Crippen molar-refractivity contribution in [1.29, 1.82) is 0 Å². The number of hydrogen-bond donors (Lipinski definition) is 1. The van der Waals surface area contributed by atoms with Gasteiger partial charge in [0.2, 0.25) is 0 Å². The predicted molar refractivity (Wildman–Crippen MR) is 61.0 cm³/mol. The molecule has 0 saturated carbocycles. The van der Waals surface area contributed by atoms with Crippen molar-refractivity contribution in [3.8, 4) is 0 Å². The van der Waals surface area contributed by atoms with Gasteiger partial charge in [0.1, 0.15) is 5.82 Å². The van der Waals surface area contributed by atoms with Crippen LogP contribution in [-0.2, 0) is 0 Å². The van der Waals surface area contributed by atoms with E-state index < -0.39 is 0 Å². The molecule has 0 fully saturated rings.